The molecule has 3 aromatic rings. The number of rotatable bonds is 12. The number of ether oxygens (including phenoxy) is 2. The van der Waals surface area contributed by atoms with Gasteiger partial charge in [-0.2, -0.15) is 0 Å². The fraction of sp³-hybridized carbons (Fsp3) is 0.333. The van der Waals surface area contributed by atoms with Gasteiger partial charge in [0, 0.05) is 26.2 Å². The molecule has 3 rings (SSSR count). The van der Waals surface area contributed by atoms with Crippen molar-refractivity contribution < 1.29 is 14.6 Å². The topological polar surface area (TPSA) is 45.2 Å². The molecule has 0 saturated carbocycles. The molecule has 0 aliphatic heterocycles. The number of likely N-dealkylation sites (N-methyl/N-ethyl adjacent to an activating group) is 1. The summed E-state index contributed by atoms with van der Waals surface area (Å²) >= 11 is 0. The number of aliphatic hydroxyl groups is 1. The van der Waals surface area contributed by atoms with Crippen molar-refractivity contribution in [2.24, 2.45) is 0 Å². The van der Waals surface area contributed by atoms with Crippen LogP contribution in [0.5, 0.6) is 11.5 Å². The quantitative estimate of drug-likeness (QED) is 0.463. The Balaban J connectivity index is 1.53. The van der Waals surface area contributed by atoms with Crippen LogP contribution in [0.2, 0.25) is 0 Å². The minimum atomic E-state index is -0.599. The lowest BCUT2D eigenvalue weighted by molar-refractivity contribution is 0.0732. The summed E-state index contributed by atoms with van der Waals surface area (Å²) in [6, 6.07) is 26.6. The molecule has 1 atom stereocenters. The first kappa shape index (κ1) is 23.8. The number of benzene rings is 3. The second-order valence-corrected chi connectivity index (χ2v) is 8.29. The van der Waals surface area contributed by atoms with Gasteiger partial charge in [-0.1, -0.05) is 66.7 Å². The zero-order valence-electron chi connectivity index (χ0n) is 19.3. The zero-order chi connectivity index (χ0) is 22.8. The molecule has 0 amide bonds. The highest BCUT2D eigenvalue weighted by molar-refractivity contribution is 5.43. The molecular weight excluding hydrogens is 400 g/mol. The van der Waals surface area contributed by atoms with Gasteiger partial charge in [0.25, 0.3) is 0 Å². The van der Waals surface area contributed by atoms with E-state index >= 15 is 0 Å². The summed E-state index contributed by atoms with van der Waals surface area (Å²) in [4.78, 5) is 4.35. The molecule has 5 heteroatoms. The van der Waals surface area contributed by atoms with Crippen LogP contribution in [0.15, 0.2) is 78.9 Å². The maximum absolute atomic E-state index is 10.5. The third-order valence-corrected chi connectivity index (χ3v) is 5.22. The van der Waals surface area contributed by atoms with Crippen LogP contribution in [-0.4, -0.2) is 55.4 Å². The monoisotopic (exact) mass is 434 g/mol. The van der Waals surface area contributed by atoms with Crippen LogP contribution in [0.4, 0.5) is 0 Å². The first-order chi connectivity index (χ1) is 15.5. The second-order valence-electron chi connectivity index (χ2n) is 8.29. The van der Waals surface area contributed by atoms with Crippen LogP contribution in [0, 0.1) is 0 Å². The van der Waals surface area contributed by atoms with E-state index in [9.17, 15) is 5.11 Å². The van der Waals surface area contributed by atoms with Gasteiger partial charge in [-0.05, 0) is 42.9 Å². The van der Waals surface area contributed by atoms with Crippen LogP contribution < -0.4 is 9.47 Å². The minimum absolute atomic E-state index is 0.207. The van der Waals surface area contributed by atoms with Crippen molar-refractivity contribution in [3.63, 3.8) is 0 Å². The molecule has 0 fully saturated rings. The van der Waals surface area contributed by atoms with E-state index in [0.29, 0.717) is 18.0 Å². The van der Waals surface area contributed by atoms with Gasteiger partial charge in [0.2, 0.25) is 0 Å². The fourth-order valence-corrected chi connectivity index (χ4v) is 3.75. The first-order valence-electron chi connectivity index (χ1n) is 11.0. The largest absolute Gasteiger partial charge is 0.493 e. The normalized spacial score (nSPS) is 12.2. The molecule has 0 radical (unpaired) electrons. The number of hydrogen-bond donors (Lipinski definition) is 1. The molecule has 0 saturated heterocycles. The fourth-order valence-electron chi connectivity index (χ4n) is 3.75. The van der Waals surface area contributed by atoms with Gasteiger partial charge in [0.1, 0.15) is 12.7 Å². The molecule has 0 bridgehead atoms. The summed E-state index contributed by atoms with van der Waals surface area (Å²) < 4.78 is 11.4. The van der Waals surface area contributed by atoms with E-state index in [0.717, 1.165) is 25.2 Å². The Bertz CT molecular complexity index is 934. The highest BCUT2D eigenvalue weighted by atomic mass is 16.5. The Morgan fingerprint density at radius 3 is 1.88 bits per heavy atom. The van der Waals surface area contributed by atoms with E-state index in [-0.39, 0.29) is 6.61 Å². The smallest absolute Gasteiger partial charge is 0.161 e. The van der Waals surface area contributed by atoms with Crippen molar-refractivity contribution in [1.82, 2.24) is 9.80 Å². The Hall–Kier alpha value is -2.86. The highest BCUT2D eigenvalue weighted by Crippen LogP contribution is 2.29. The highest BCUT2D eigenvalue weighted by Gasteiger charge is 2.13. The van der Waals surface area contributed by atoms with Gasteiger partial charge < -0.3 is 14.6 Å². The van der Waals surface area contributed by atoms with Gasteiger partial charge in [-0.3, -0.25) is 9.80 Å². The lowest BCUT2D eigenvalue weighted by Crippen LogP contribution is -2.32. The lowest BCUT2D eigenvalue weighted by atomic mass is 10.1. The summed E-state index contributed by atoms with van der Waals surface area (Å²) in [6.45, 7) is 3.17. The molecule has 0 aromatic heterocycles. The van der Waals surface area contributed by atoms with E-state index in [1.807, 2.05) is 43.4 Å². The lowest BCUT2D eigenvalue weighted by Gasteiger charge is -2.22. The molecule has 5 nitrogen and oxygen atoms in total. The van der Waals surface area contributed by atoms with Crippen LogP contribution in [-0.2, 0) is 19.6 Å². The van der Waals surface area contributed by atoms with E-state index in [1.54, 1.807) is 7.11 Å². The van der Waals surface area contributed by atoms with E-state index in [1.165, 1.54) is 11.1 Å². The molecule has 32 heavy (non-hydrogen) atoms. The third kappa shape index (κ3) is 7.68. The van der Waals surface area contributed by atoms with Crippen molar-refractivity contribution in [3.05, 3.63) is 95.6 Å². The summed E-state index contributed by atoms with van der Waals surface area (Å²) in [5.41, 5.74) is 3.63. The number of methoxy groups -OCH3 is 1. The molecule has 0 aliphatic carbocycles. The Kier molecular flexibility index (Phi) is 9.11. The van der Waals surface area contributed by atoms with Crippen LogP contribution in [0.3, 0.4) is 0 Å². The molecule has 3 aromatic carbocycles. The van der Waals surface area contributed by atoms with E-state index in [4.69, 9.17) is 9.47 Å². The number of aliphatic hydroxyl groups excluding tert-OH is 1. The van der Waals surface area contributed by atoms with Crippen LogP contribution in [0.1, 0.15) is 16.7 Å². The van der Waals surface area contributed by atoms with Crippen LogP contribution in [0.25, 0.3) is 0 Å². The molecule has 0 unspecified atom stereocenters. The molecule has 0 heterocycles. The summed E-state index contributed by atoms with van der Waals surface area (Å²) in [5, 5.41) is 10.5. The van der Waals surface area contributed by atoms with Crippen LogP contribution >= 0.6 is 0 Å². The SMILES string of the molecule is COc1ccc(CN(C)Cc2ccccc2)cc1OC[C@H](O)CN(C)Cc1ccccc1. The third-order valence-electron chi connectivity index (χ3n) is 5.22. The van der Waals surface area contributed by atoms with Gasteiger partial charge >= 0.3 is 0 Å². The summed E-state index contributed by atoms with van der Waals surface area (Å²) in [5.74, 6) is 1.33. The van der Waals surface area contributed by atoms with Gasteiger partial charge in [0.15, 0.2) is 11.5 Å². The predicted octanol–water partition coefficient (Wildman–Crippen LogP) is 4.20. The van der Waals surface area contributed by atoms with Gasteiger partial charge in [-0.15, -0.1) is 0 Å². The van der Waals surface area contributed by atoms with Crippen molar-refractivity contribution in [2.75, 3.05) is 34.4 Å². The van der Waals surface area contributed by atoms with Crippen molar-refractivity contribution in [1.29, 1.82) is 0 Å². The van der Waals surface area contributed by atoms with Gasteiger partial charge in [-0.25, -0.2) is 0 Å². The van der Waals surface area contributed by atoms with Crippen molar-refractivity contribution in [2.45, 2.75) is 25.7 Å². The number of nitrogens with zero attached hydrogens (tertiary/aromatic N) is 2. The molecule has 170 valence electrons. The molecule has 0 spiro atoms. The average molecular weight is 435 g/mol. The second kappa shape index (κ2) is 12.2. The minimum Gasteiger partial charge on any atom is -0.493 e. The molecular formula is C27H34N2O3. The molecule has 1 N–H and O–H groups in total. The van der Waals surface area contributed by atoms with Crippen molar-refractivity contribution >= 4 is 0 Å². The average Bonchev–Trinajstić information content (AvgIpc) is 2.79. The summed E-state index contributed by atoms with van der Waals surface area (Å²) in [7, 11) is 5.73. The predicted molar refractivity (Wildman–Crippen MR) is 129 cm³/mol. The molecule has 0 aliphatic rings. The van der Waals surface area contributed by atoms with Gasteiger partial charge in [0.05, 0.1) is 7.11 Å². The maximum atomic E-state index is 10.5. The Morgan fingerprint density at radius 1 is 0.719 bits per heavy atom. The Labute approximate surface area is 191 Å². The van der Waals surface area contributed by atoms with E-state index in [2.05, 4.69) is 59.3 Å². The maximum Gasteiger partial charge on any atom is 0.161 e. The van der Waals surface area contributed by atoms with Crippen molar-refractivity contribution in [3.8, 4) is 11.5 Å². The van der Waals surface area contributed by atoms with E-state index < -0.39 is 6.10 Å². The standard InChI is InChI=1S/C27H34N2O3/c1-28(17-22-10-6-4-7-11-22)19-24-14-15-26(31-3)27(16-24)32-21-25(30)20-29(2)18-23-12-8-5-9-13-23/h4-16,25,30H,17-21H2,1-3H3/t25-/m1/s1. The first-order valence-corrected chi connectivity index (χ1v) is 11.0. The number of hydrogen-bond acceptors (Lipinski definition) is 5. The zero-order valence-corrected chi connectivity index (χ0v) is 19.3. The Morgan fingerprint density at radius 2 is 1.28 bits per heavy atom. The summed E-state index contributed by atoms with van der Waals surface area (Å²) in [6.07, 6.45) is -0.599.